The molecule has 0 saturated carbocycles. The van der Waals surface area contributed by atoms with Gasteiger partial charge in [-0.3, -0.25) is 4.98 Å². The highest BCUT2D eigenvalue weighted by atomic mass is 16.5. The first kappa shape index (κ1) is 13.8. The van der Waals surface area contributed by atoms with Crippen molar-refractivity contribution in [1.82, 2.24) is 4.98 Å². The van der Waals surface area contributed by atoms with Crippen LogP contribution in [0.1, 0.15) is 29.6 Å². The van der Waals surface area contributed by atoms with Crippen LogP contribution in [0.25, 0.3) is 0 Å². The molecule has 2 heterocycles. The molecule has 4 heteroatoms. The van der Waals surface area contributed by atoms with E-state index in [1.165, 1.54) is 5.56 Å². The molecule has 4 nitrogen and oxygen atoms in total. The number of furan rings is 1. The smallest absolute Gasteiger partial charge is 0.134 e. The second-order valence-electron chi connectivity index (χ2n) is 4.50. The molecule has 0 aromatic carbocycles. The fraction of sp³-hybridized carbons (Fsp3) is 0.400. The van der Waals surface area contributed by atoms with Crippen LogP contribution in [0.4, 0.5) is 0 Å². The maximum absolute atomic E-state index is 5.78. The van der Waals surface area contributed by atoms with Gasteiger partial charge in [0.15, 0.2) is 0 Å². The maximum atomic E-state index is 5.78. The first-order valence-corrected chi connectivity index (χ1v) is 6.56. The largest absolute Gasteiger partial charge is 0.464 e. The van der Waals surface area contributed by atoms with Crippen LogP contribution in [0.2, 0.25) is 0 Å². The maximum Gasteiger partial charge on any atom is 0.134 e. The lowest BCUT2D eigenvalue weighted by atomic mass is 10.1. The highest BCUT2D eigenvalue weighted by Crippen LogP contribution is 2.19. The van der Waals surface area contributed by atoms with Gasteiger partial charge < -0.3 is 14.9 Å². The van der Waals surface area contributed by atoms with Crippen LogP contribution in [0, 0.1) is 6.92 Å². The van der Waals surface area contributed by atoms with Gasteiger partial charge in [0.05, 0.1) is 0 Å². The normalized spacial score (nSPS) is 12.5. The van der Waals surface area contributed by atoms with Crippen molar-refractivity contribution in [1.29, 1.82) is 0 Å². The number of pyridine rings is 1. The number of rotatable bonds is 7. The summed E-state index contributed by atoms with van der Waals surface area (Å²) < 4.78 is 11.3. The van der Waals surface area contributed by atoms with E-state index in [1.54, 1.807) is 0 Å². The molecular weight excluding hydrogens is 240 g/mol. The molecule has 0 aliphatic carbocycles. The van der Waals surface area contributed by atoms with E-state index >= 15 is 0 Å². The van der Waals surface area contributed by atoms with Gasteiger partial charge in [-0.25, -0.2) is 0 Å². The van der Waals surface area contributed by atoms with Crippen LogP contribution in [0.15, 0.2) is 41.1 Å². The molecule has 1 unspecified atom stereocenters. The van der Waals surface area contributed by atoms with Gasteiger partial charge >= 0.3 is 0 Å². The fourth-order valence-electron chi connectivity index (χ4n) is 1.94. The van der Waals surface area contributed by atoms with Crippen molar-refractivity contribution >= 4 is 0 Å². The summed E-state index contributed by atoms with van der Waals surface area (Å²) in [6.07, 6.45) is 5.41. The van der Waals surface area contributed by atoms with Crippen molar-refractivity contribution in [2.45, 2.75) is 25.9 Å². The third-order valence-electron chi connectivity index (χ3n) is 2.97. The summed E-state index contributed by atoms with van der Waals surface area (Å²) in [6.45, 7) is 3.02. The molecule has 0 fully saturated rings. The van der Waals surface area contributed by atoms with Crippen LogP contribution >= 0.6 is 0 Å². The van der Waals surface area contributed by atoms with E-state index in [1.807, 2.05) is 43.6 Å². The Labute approximate surface area is 113 Å². The lowest BCUT2D eigenvalue weighted by Crippen LogP contribution is -2.16. The van der Waals surface area contributed by atoms with Crippen molar-refractivity contribution in [2.24, 2.45) is 5.73 Å². The summed E-state index contributed by atoms with van der Waals surface area (Å²) in [5, 5.41) is 0. The third-order valence-corrected chi connectivity index (χ3v) is 2.97. The highest BCUT2D eigenvalue weighted by Gasteiger charge is 2.13. The molecule has 2 N–H and O–H groups in total. The fourth-order valence-corrected chi connectivity index (χ4v) is 1.94. The summed E-state index contributed by atoms with van der Waals surface area (Å²) in [4.78, 5) is 4.00. The second-order valence-corrected chi connectivity index (χ2v) is 4.50. The molecule has 2 rings (SSSR count). The topological polar surface area (TPSA) is 61.3 Å². The summed E-state index contributed by atoms with van der Waals surface area (Å²) in [5.74, 6) is 1.69. The van der Waals surface area contributed by atoms with E-state index in [9.17, 15) is 0 Å². The zero-order chi connectivity index (χ0) is 13.5. The first-order valence-electron chi connectivity index (χ1n) is 6.56. The Kier molecular flexibility index (Phi) is 5.12. The summed E-state index contributed by atoms with van der Waals surface area (Å²) in [6, 6.07) is 7.90. The highest BCUT2D eigenvalue weighted by molar-refractivity contribution is 5.10. The minimum absolute atomic E-state index is 0.147. The number of ether oxygens (including phenoxy) is 1. The van der Waals surface area contributed by atoms with Crippen molar-refractivity contribution in [2.75, 3.05) is 13.2 Å². The molecule has 102 valence electrons. The molecule has 19 heavy (non-hydrogen) atoms. The van der Waals surface area contributed by atoms with Gasteiger partial charge in [-0.1, -0.05) is 0 Å². The van der Waals surface area contributed by atoms with Crippen molar-refractivity contribution in [3.63, 3.8) is 0 Å². The quantitative estimate of drug-likeness (QED) is 0.777. The van der Waals surface area contributed by atoms with Crippen LogP contribution in [-0.2, 0) is 11.2 Å². The Bertz CT molecular complexity index is 482. The van der Waals surface area contributed by atoms with E-state index in [2.05, 4.69) is 4.98 Å². The Morgan fingerprint density at radius 1 is 1.26 bits per heavy atom. The third kappa shape index (κ3) is 4.19. The predicted molar refractivity (Wildman–Crippen MR) is 73.8 cm³/mol. The van der Waals surface area contributed by atoms with Gasteiger partial charge in [-0.15, -0.1) is 0 Å². The van der Waals surface area contributed by atoms with E-state index in [4.69, 9.17) is 14.9 Å². The van der Waals surface area contributed by atoms with Gasteiger partial charge in [-0.2, -0.15) is 0 Å². The minimum Gasteiger partial charge on any atom is -0.464 e. The average Bonchev–Trinajstić information content (AvgIpc) is 2.86. The number of aryl methyl sites for hydroxylation is 2. The molecule has 0 spiro atoms. The SMILES string of the molecule is Cc1ccc(C(CN)OCCCc2ccncc2)o1. The van der Waals surface area contributed by atoms with Gasteiger partial charge in [0.25, 0.3) is 0 Å². The zero-order valence-corrected chi connectivity index (χ0v) is 11.2. The Balaban J connectivity index is 1.75. The first-order chi connectivity index (χ1) is 9.29. The monoisotopic (exact) mass is 260 g/mol. The number of nitrogens with zero attached hydrogens (tertiary/aromatic N) is 1. The number of nitrogens with two attached hydrogens (primary N) is 1. The average molecular weight is 260 g/mol. The van der Waals surface area contributed by atoms with Crippen molar-refractivity contribution in [3.05, 3.63) is 53.7 Å². The number of aromatic nitrogens is 1. The van der Waals surface area contributed by atoms with E-state index in [-0.39, 0.29) is 6.10 Å². The second kappa shape index (κ2) is 7.07. The van der Waals surface area contributed by atoms with Crippen LogP contribution in [-0.4, -0.2) is 18.1 Å². The van der Waals surface area contributed by atoms with E-state index in [0.29, 0.717) is 13.2 Å². The standard InChI is InChI=1S/C15H20N2O2/c1-12-4-5-14(19-12)15(11-16)18-10-2-3-13-6-8-17-9-7-13/h4-9,15H,2-3,10-11,16H2,1H3. The van der Waals surface area contributed by atoms with E-state index < -0.39 is 0 Å². The molecule has 2 aromatic rings. The van der Waals surface area contributed by atoms with E-state index in [0.717, 1.165) is 24.4 Å². The van der Waals surface area contributed by atoms with Crippen LogP contribution < -0.4 is 5.73 Å². The lowest BCUT2D eigenvalue weighted by Gasteiger charge is -2.13. The molecule has 2 aromatic heterocycles. The van der Waals surface area contributed by atoms with Gasteiger partial charge in [0.1, 0.15) is 17.6 Å². The van der Waals surface area contributed by atoms with Gasteiger partial charge in [0.2, 0.25) is 0 Å². The number of hydrogen-bond donors (Lipinski definition) is 1. The summed E-state index contributed by atoms with van der Waals surface area (Å²) in [7, 11) is 0. The van der Waals surface area contributed by atoms with Crippen LogP contribution in [0.3, 0.4) is 0 Å². The Morgan fingerprint density at radius 3 is 2.68 bits per heavy atom. The van der Waals surface area contributed by atoms with Crippen molar-refractivity contribution in [3.8, 4) is 0 Å². The Morgan fingerprint density at radius 2 is 2.05 bits per heavy atom. The Hall–Kier alpha value is -1.65. The molecule has 0 saturated heterocycles. The van der Waals surface area contributed by atoms with Crippen molar-refractivity contribution < 1.29 is 9.15 Å². The molecule has 0 aliphatic rings. The molecule has 0 radical (unpaired) electrons. The lowest BCUT2D eigenvalue weighted by molar-refractivity contribution is 0.0419. The van der Waals surface area contributed by atoms with Gasteiger partial charge in [-0.05, 0) is 49.6 Å². The molecule has 0 aliphatic heterocycles. The van der Waals surface area contributed by atoms with Gasteiger partial charge in [0, 0.05) is 25.5 Å². The predicted octanol–water partition coefficient (Wildman–Crippen LogP) is 2.63. The molecule has 0 bridgehead atoms. The molecule has 1 atom stereocenters. The summed E-state index contributed by atoms with van der Waals surface area (Å²) in [5.41, 5.74) is 6.99. The number of hydrogen-bond acceptors (Lipinski definition) is 4. The molecular formula is C15H20N2O2. The molecule has 0 amide bonds. The zero-order valence-electron chi connectivity index (χ0n) is 11.2. The minimum atomic E-state index is -0.147. The summed E-state index contributed by atoms with van der Waals surface area (Å²) >= 11 is 0. The van der Waals surface area contributed by atoms with Crippen LogP contribution in [0.5, 0.6) is 0 Å².